The number of nitrogens with zero attached hydrogens (tertiary/aromatic N) is 2. The van der Waals surface area contributed by atoms with Gasteiger partial charge in [0, 0.05) is 11.3 Å². The van der Waals surface area contributed by atoms with Crippen LogP contribution in [0, 0.1) is 0 Å². The molecule has 5 nitrogen and oxygen atoms in total. The third-order valence-electron chi connectivity index (χ3n) is 3.87. The van der Waals surface area contributed by atoms with Gasteiger partial charge in [-0.1, -0.05) is 41.7 Å². The second-order valence-corrected chi connectivity index (χ2v) is 7.96. The van der Waals surface area contributed by atoms with Gasteiger partial charge in [0.15, 0.2) is 4.80 Å². The molecule has 3 aromatic rings. The van der Waals surface area contributed by atoms with E-state index in [9.17, 15) is 9.59 Å². The maximum absolute atomic E-state index is 12.3. The highest BCUT2D eigenvalue weighted by Crippen LogP contribution is 2.19. The van der Waals surface area contributed by atoms with Crippen LogP contribution in [0.2, 0.25) is 0 Å². The quantitative estimate of drug-likeness (QED) is 0.343. The van der Waals surface area contributed by atoms with Crippen LogP contribution in [0.5, 0.6) is 0 Å². The molecular weight excluding hydrogens is 380 g/mol. The second-order valence-electron chi connectivity index (χ2n) is 5.79. The maximum Gasteiger partial charge on any atom is 0.325 e. The summed E-state index contributed by atoms with van der Waals surface area (Å²) in [5.74, 6) is 0.320. The molecule has 27 heavy (non-hydrogen) atoms. The molecule has 1 amide bonds. The Balaban J connectivity index is 1.69. The zero-order valence-electron chi connectivity index (χ0n) is 15.0. The lowest BCUT2D eigenvalue weighted by Crippen LogP contribution is -2.22. The van der Waals surface area contributed by atoms with E-state index in [1.807, 2.05) is 42.5 Å². The van der Waals surface area contributed by atoms with Gasteiger partial charge in [-0.05, 0) is 36.4 Å². The Kier molecular flexibility index (Phi) is 6.84. The van der Waals surface area contributed by atoms with E-state index in [4.69, 9.17) is 4.74 Å². The highest BCUT2D eigenvalue weighted by Gasteiger charge is 2.11. The molecule has 3 rings (SSSR count). The minimum absolute atomic E-state index is 0.0382. The molecule has 0 aliphatic carbocycles. The molecule has 0 bridgehead atoms. The number of carbonyl (C=O) groups is 2. The molecular formula is C20H20N2O3S2. The standard InChI is InChI=1S/C20H20N2O3S2/c1-25-19(24)14-22-16-10-5-6-11-17(16)27-20(22)21-18(23)12-7-13-26-15-8-3-2-4-9-15/h2-6,8-11H,7,12-14H2,1H3. The van der Waals surface area contributed by atoms with Crippen LogP contribution in [0.1, 0.15) is 12.8 Å². The van der Waals surface area contributed by atoms with E-state index in [0.717, 1.165) is 22.4 Å². The number of aromatic nitrogens is 1. The second kappa shape index (κ2) is 9.53. The van der Waals surface area contributed by atoms with Crippen LogP contribution in [0.15, 0.2) is 64.5 Å². The summed E-state index contributed by atoms with van der Waals surface area (Å²) in [4.78, 5) is 30.0. The predicted molar refractivity (Wildman–Crippen MR) is 109 cm³/mol. The number of rotatable bonds is 7. The van der Waals surface area contributed by atoms with E-state index in [2.05, 4.69) is 17.1 Å². The number of hydrogen-bond donors (Lipinski definition) is 0. The Bertz CT molecular complexity index is 993. The van der Waals surface area contributed by atoms with Gasteiger partial charge in [-0.3, -0.25) is 9.59 Å². The minimum Gasteiger partial charge on any atom is -0.468 e. The number of thiazole rings is 1. The first kappa shape index (κ1) is 19.4. The summed E-state index contributed by atoms with van der Waals surface area (Å²) < 4.78 is 7.49. The first-order valence-corrected chi connectivity index (χ1v) is 10.4. The Morgan fingerprint density at radius 2 is 1.85 bits per heavy atom. The fourth-order valence-electron chi connectivity index (χ4n) is 2.55. The molecule has 0 N–H and O–H groups in total. The van der Waals surface area contributed by atoms with Gasteiger partial charge in [0.1, 0.15) is 6.54 Å². The Morgan fingerprint density at radius 1 is 1.11 bits per heavy atom. The molecule has 1 heterocycles. The zero-order valence-corrected chi connectivity index (χ0v) is 16.6. The molecule has 0 unspecified atom stereocenters. The van der Waals surface area contributed by atoms with Gasteiger partial charge in [-0.2, -0.15) is 4.99 Å². The first-order valence-electron chi connectivity index (χ1n) is 8.58. The summed E-state index contributed by atoms with van der Waals surface area (Å²) in [6.45, 7) is 0.0382. The summed E-state index contributed by atoms with van der Waals surface area (Å²) in [6, 6.07) is 17.8. The average Bonchev–Trinajstić information content (AvgIpc) is 3.03. The van der Waals surface area contributed by atoms with Crippen LogP contribution in [0.25, 0.3) is 10.2 Å². The fourth-order valence-corrected chi connectivity index (χ4v) is 4.47. The predicted octanol–water partition coefficient (Wildman–Crippen LogP) is 3.88. The third kappa shape index (κ3) is 5.30. The van der Waals surface area contributed by atoms with Crippen molar-refractivity contribution in [3.8, 4) is 0 Å². The maximum atomic E-state index is 12.3. The largest absolute Gasteiger partial charge is 0.468 e. The normalized spacial score (nSPS) is 11.7. The van der Waals surface area contributed by atoms with Gasteiger partial charge in [0.25, 0.3) is 0 Å². The van der Waals surface area contributed by atoms with Gasteiger partial charge >= 0.3 is 5.97 Å². The molecule has 140 valence electrons. The lowest BCUT2D eigenvalue weighted by atomic mass is 10.3. The molecule has 0 aliphatic rings. The zero-order chi connectivity index (χ0) is 19.1. The van der Waals surface area contributed by atoms with Gasteiger partial charge in [-0.25, -0.2) is 0 Å². The fraction of sp³-hybridized carbons (Fsp3) is 0.250. The molecule has 0 saturated heterocycles. The molecule has 0 radical (unpaired) electrons. The Hall–Kier alpha value is -2.38. The number of esters is 1. The topological polar surface area (TPSA) is 60.7 Å². The van der Waals surface area contributed by atoms with Crippen molar-refractivity contribution in [3.05, 3.63) is 59.4 Å². The van der Waals surface area contributed by atoms with Gasteiger partial charge in [0.05, 0.1) is 17.3 Å². The van der Waals surface area contributed by atoms with Crippen molar-refractivity contribution in [2.45, 2.75) is 24.3 Å². The van der Waals surface area contributed by atoms with Crippen LogP contribution in [-0.2, 0) is 20.9 Å². The van der Waals surface area contributed by atoms with Crippen LogP contribution in [0.3, 0.4) is 0 Å². The Morgan fingerprint density at radius 3 is 2.63 bits per heavy atom. The summed E-state index contributed by atoms with van der Waals surface area (Å²) in [6.07, 6.45) is 1.14. The van der Waals surface area contributed by atoms with Crippen LogP contribution in [-0.4, -0.2) is 29.3 Å². The van der Waals surface area contributed by atoms with E-state index in [0.29, 0.717) is 11.2 Å². The number of carbonyl (C=O) groups excluding carboxylic acids is 2. The smallest absolute Gasteiger partial charge is 0.325 e. The van der Waals surface area contributed by atoms with Crippen molar-refractivity contribution >= 4 is 45.2 Å². The van der Waals surface area contributed by atoms with E-state index < -0.39 is 0 Å². The molecule has 7 heteroatoms. The number of thioether (sulfide) groups is 1. The van der Waals surface area contributed by atoms with Crippen molar-refractivity contribution in [1.29, 1.82) is 0 Å². The highest BCUT2D eigenvalue weighted by atomic mass is 32.2. The van der Waals surface area contributed by atoms with Crippen molar-refractivity contribution < 1.29 is 14.3 Å². The number of amides is 1. The number of para-hydroxylation sites is 1. The molecule has 0 atom stereocenters. The summed E-state index contributed by atoms with van der Waals surface area (Å²) >= 11 is 3.13. The molecule has 0 fully saturated rings. The van der Waals surface area contributed by atoms with Gasteiger partial charge in [0.2, 0.25) is 5.91 Å². The first-order chi connectivity index (χ1) is 13.2. The van der Waals surface area contributed by atoms with Crippen LogP contribution >= 0.6 is 23.1 Å². The molecule has 0 saturated carbocycles. The van der Waals surface area contributed by atoms with E-state index in [1.165, 1.54) is 23.3 Å². The SMILES string of the molecule is COC(=O)Cn1c(=NC(=O)CCCSc2ccccc2)sc2ccccc21. The third-order valence-corrected chi connectivity index (χ3v) is 6.03. The summed E-state index contributed by atoms with van der Waals surface area (Å²) in [5, 5.41) is 0. The summed E-state index contributed by atoms with van der Waals surface area (Å²) in [7, 11) is 1.35. The molecule has 0 spiro atoms. The number of methoxy groups -OCH3 is 1. The average molecular weight is 401 g/mol. The monoisotopic (exact) mass is 400 g/mol. The summed E-state index contributed by atoms with van der Waals surface area (Å²) in [5.41, 5.74) is 0.874. The van der Waals surface area contributed by atoms with E-state index in [-0.39, 0.29) is 18.4 Å². The minimum atomic E-state index is -0.369. The highest BCUT2D eigenvalue weighted by molar-refractivity contribution is 7.99. The number of fused-ring (bicyclic) bond motifs is 1. The van der Waals surface area contributed by atoms with Crippen molar-refractivity contribution in [3.63, 3.8) is 0 Å². The van der Waals surface area contributed by atoms with E-state index >= 15 is 0 Å². The Labute approximate surface area is 165 Å². The number of hydrogen-bond acceptors (Lipinski definition) is 5. The lowest BCUT2D eigenvalue weighted by molar-refractivity contribution is -0.141. The van der Waals surface area contributed by atoms with Crippen molar-refractivity contribution in [1.82, 2.24) is 4.57 Å². The molecule has 1 aromatic heterocycles. The lowest BCUT2D eigenvalue weighted by Gasteiger charge is -2.03. The van der Waals surface area contributed by atoms with E-state index in [1.54, 1.807) is 16.3 Å². The number of ether oxygens (including phenoxy) is 1. The van der Waals surface area contributed by atoms with Crippen molar-refractivity contribution in [2.24, 2.45) is 4.99 Å². The molecule has 2 aromatic carbocycles. The van der Waals surface area contributed by atoms with Gasteiger partial charge in [-0.15, -0.1) is 11.8 Å². The number of benzene rings is 2. The van der Waals surface area contributed by atoms with Gasteiger partial charge < -0.3 is 9.30 Å². The molecule has 0 aliphatic heterocycles. The van der Waals surface area contributed by atoms with Crippen LogP contribution in [0.4, 0.5) is 0 Å². The van der Waals surface area contributed by atoms with Crippen LogP contribution < -0.4 is 4.80 Å². The van der Waals surface area contributed by atoms with Crippen molar-refractivity contribution in [2.75, 3.05) is 12.9 Å².